The number of nitrogens with zero attached hydrogens (tertiary/aromatic N) is 1. The van der Waals surface area contributed by atoms with Gasteiger partial charge in [0.1, 0.15) is 0 Å². The summed E-state index contributed by atoms with van der Waals surface area (Å²) in [5.41, 5.74) is 17.7. The van der Waals surface area contributed by atoms with Crippen molar-refractivity contribution < 1.29 is 0 Å². The molecule has 1 aromatic heterocycles. The van der Waals surface area contributed by atoms with E-state index >= 15 is 0 Å². The molecule has 2 N–H and O–H groups in total. The molecule has 7 rings (SSSR count). The zero-order valence-corrected chi connectivity index (χ0v) is 20.9. The molecule has 6 aromatic carbocycles. The highest BCUT2D eigenvalue weighted by Crippen LogP contribution is 2.36. The number of aromatic nitrogens is 1. The molecule has 38 heavy (non-hydrogen) atoms. The minimum absolute atomic E-state index is 0.784. The topological polar surface area (TPSA) is 30.9 Å². The molecule has 180 valence electrons. The summed E-state index contributed by atoms with van der Waals surface area (Å²) in [5, 5.41) is 2.53. The third-order valence-corrected chi connectivity index (χ3v) is 7.38. The van der Waals surface area contributed by atoms with E-state index in [1.54, 1.807) is 0 Å². The zero-order chi connectivity index (χ0) is 25.5. The number of benzene rings is 6. The molecule has 0 aliphatic rings. The van der Waals surface area contributed by atoms with Crippen LogP contribution in [-0.4, -0.2) is 4.57 Å². The average molecular weight is 487 g/mol. The zero-order valence-electron chi connectivity index (χ0n) is 20.9. The van der Waals surface area contributed by atoms with E-state index in [0.717, 1.165) is 22.4 Å². The van der Waals surface area contributed by atoms with Gasteiger partial charge in [0.15, 0.2) is 0 Å². The Morgan fingerprint density at radius 3 is 1.74 bits per heavy atom. The minimum atomic E-state index is 0.784. The van der Waals surface area contributed by atoms with Crippen LogP contribution in [0.25, 0.3) is 60.9 Å². The first-order chi connectivity index (χ1) is 18.8. The summed E-state index contributed by atoms with van der Waals surface area (Å²) in [6, 6.07) is 51.4. The number of hydrogen-bond acceptors (Lipinski definition) is 1. The summed E-state index contributed by atoms with van der Waals surface area (Å²) in [6.07, 6.45) is 0. The molecule has 0 atom stereocenters. The molecule has 1 heterocycles. The first kappa shape index (κ1) is 22.1. The van der Waals surface area contributed by atoms with Crippen molar-refractivity contribution in [3.05, 3.63) is 146 Å². The van der Waals surface area contributed by atoms with Gasteiger partial charge >= 0.3 is 0 Å². The lowest BCUT2D eigenvalue weighted by molar-refractivity contribution is 1.18. The van der Waals surface area contributed by atoms with Gasteiger partial charge in [0.2, 0.25) is 0 Å². The van der Waals surface area contributed by atoms with Gasteiger partial charge < -0.3 is 10.3 Å². The van der Waals surface area contributed by atoms with E-state index in [-0.39, 0.29) is 0 Å². The average Bonchev–Trinajstić information content (AvgIpc) is 3.32. The van der Waals surface area contributed by atoms with E-state index in [2.05, 4.69) is 138 Å². The molecule has 0 spiro atoms. The van der Waals surface area contributed by atoms with Gasteiger partial charge in [-0.2, -0.15) is 0 Å². The van der Waals surface area contributed by atoms with Gasteiger partial charge in [-0.1, -0.05) is 109 Å². The number of anilines is 1. The third kappa shape index (κ3) is 3.75. The predicted octanol–water partition coefficient (Wildman–Crippen LogP) is 9.37. The SMILES string of the molecule is Nc1ccc(-c2ccccc2)cc1-c1ccc(-c2ccc3c4ccccc4n(-c4ccccc4)c3c2)cc1. The highest BCUT2D eigenvalue weighted by molar-refractivity contribution is 6.10. The highest BCUT2D eigenvalue weighted by atomic mass is 15.0. The molecule has 0 unspecified atom stereocenters. The molecule has 0 aliphatic carbocycles. The Labute approximate surface area is 222 Å². The van der Waals surface area contributed by atoms with Crippen molar-refractivity contribution in [2.75, 3.05) is 5.73 Å². The molecule has 2 heteroatoms. The van der Waals surface area contributed by atoms with Crippen molar-refractivity contribution in [3.8, 4) is 39.1 Å². The van der Waals surface area contributed by atoms with Gasteiger partial charge in [-0.3, -0.25) is 0 Å². The van der Waals surface area contributed by atoms with Gasteiger partial charge in [0.05, 0.1) is 11.0 Å². The van der Waals surface area contributed by atoms with Crippen LogP contribution < -0.4 is 5.73 Å². The maximum atomic E-state index is 6.42. The maximum absolute atomic E-state index is 6.42. The van der Waals surface area contributed by atoms with Crippen LogP contribution in [0.3, 0.4) is 0 Å². The van der Waals surface area contributed by atoms with Crippen LogP contribution in [0.4, 0.5) is 5.69 Å². The molecule has 7 aromatic rings. The van der Waals surface area contributed by atoms with Crippen molar-refractivity contribution in [2.45, 2.75) is 0 Å². The van der Waals surface area contributed by atoms with Crippen LogP contribution in [0.2, 0.25) is 0 Å². The van der Waals surface area contributed by atoms with E-state index in [1.807, 2.05) is 12.1 Å². The van der Waals surface area contributed by atoms with Crippen molar-refractivity contribution in [2.24, 2.45) is 0 Å². The van der Waals surface area contributed by atoms with Crippen molar-refractivity contribution in [3.63, 3.8) is 0 Å². The monoisotopic (exact) mass is 486 g/mol. The van der Waals surface area contributed by atoms with Gasteiger partial charge in [0.25, 0.3) is 0 Å². The Bertz CT molecular complexity index is 1900. The number of rotatable bonds is 4. The highest BCUT2D eigenvalue weighted by Gasteiger charge is 2.13. The Hall–Kier alpha value is -5.08. The van der Waals surface area contributed by atoms with E-state index in [4.69, 9.17) is 5.73 Å². The number of nitrogens with two attached hydrogens (primary N) is 1. The maximum Gasteiger partial charge on any atom is 0.0547 e. The van der Waals surface area contributed by atoms with Crippen molar-refractivity contribution >= 4 is 27.5 Å². The minimum Gasteiger partial charge on any atom is -0.398 e. The standard InChI is InChI=1S/C36H26N2/c37-34-22-20-28(25-9-3-1-4-10-25)23-33(34)27-17-15-26(16-18-27)29-19-21-32-31-13-7-8-14-35(31)38(36(32)24-29)30-11-5-2-6-12-30/h1-24H,37H2. The smallest absolute Gasteiger partial charge is 0.0547 e. The molecule has 0 aliphatic heterocycles. The lowest BCUT2D eigenvalue weighted by atomic mass is 9.95. The van der Waals surface area contributed by atoms with E-state index in [0.29, 0.717) is 0 Å². The molecule has 0 saturated heterocycles. The Kier molecular flexibility index (Phi) is 5.30. The molecule has 0 radical (unpaired) electrons. The number of fused-ring (bicyclic) bond motifs is 3. The van der Waals surface area contributed by atoms with E-state index < -0.39 is 0 Å². The second kappa shape index (κ2) is 9.10. The second-order valence-electron chi connectivity index (χ2n) is 9.67. The summed E-state index contributed by atoms with van der Waals surface area (Å²) in [5.74, 6) is 0. The number of nitrogen functional groups attached to an aromatic ring is 1. The number of hydrogen-bond donors (Lipinski definition) is 1. The Balaban J connectivity index is 1.31. The first-order valence-corrected chi connectivity index (χ1v) is 12.9. The fourth-order valence-corrected chi connectivity index (χ4v) is 5.46. The second-order valence-corrected chi connectivity index (χ2v) is 9.67. The van der Waals surface area contributed by atoms with Gasteiger partial charge in [-0.05, 0) is 64.2 Å². The quantitative estimate of drug-likeness (QED) is 0.247. The fraction of sp³-hybridized carbons (Fsp3) is 0. The van der Waals surface area contributed by atoms with Crippen LogP contribution in [0, 0.1) is 0 Å². The first-order valence-electron chi connectivity index (χ1n) is 12.9. The molecule has 0 amide bonds. The molecule has 0 fully saturated rings. The van der Waals surface area contributed by atoms with Crippen LogP contribution >= 0.6 is 0 Å². The fourth-order valence-electron chi connectivity index (χ4n) is 5.46. The van der Waals surface area contributed by atoms with Crippen LogP contribution in [0.15, 0.2) is 146 Å². The van der Waals surface area contributed by atoms with Crippen molar-refractivity contribution in [1.29, 1.82) is 0 Å². The van der Waals surface area contributed by atoms with Crippen LogP contribution in [0.5, 0.6) is 0 Å². The van der Waals surface area contributed by atoms with Crippen LogP contribution in [0.1, 0.15) is 0 Å². The van der Waals surface area contributed by atoms with Crippen molar-refractivity contribution in [1.82, 2.24) is 4.57 Å². The summed E-state index contributed by atoms with van der Waals surface area (Å²) >= 11 is 0. The lowest BCUT2D eigenvalue weighted by Gasteiger charge is -2.11. The van der Waals surface area contributed by atoms with E-state index in [9.17, 15) is 0 Å². The van der Waals surface area contributed by atoms with Gasteiger partial charge in [-0.25, -0.2) is 0 Å². The Morgan fingerprint density at radius 1 is 0.395 bits per heavy atom. The summed E-state index contributed by atoms with van der Waals surface area (Å²) in [7, 11) is 0. The summed E-state index contributed by atoms with van der Waals surface area (Å²) < 4.78 is 2.36. The molecular formula is C36H26N2. The van der Waals surface area contributed by atoms with Gasteiger partial charge in [-0.15, -0.1) is 0 Å². The molecule has 2 nitrogen and oxygen atoms in total. The molecular weight excluding hydrogens is 460 g/mol. The number of para-hydroxylation sites is 2. The Morgan fingerprint density at radius 2 is 0.947 bits per heavy atom. The normalized spacial score (nSPS) is 11.3. The molecule has 0 saturated carbocycles. The third-order valence-electron chi connectivity index (χ3n) is 7.38. The lowest BCUT2D eigenvalue weighted by Crippen LogP contribution is -1.93. The van der Waals surface area contributed by atoms with Crippen LogP contribution in [-0.2, 0) is 0 Å². The summed E-state index contributed by atoms with van der Waals surface area (Å²) in [4.78, 5) is 0. The largest absolute Gasteiger partial charge is 0.398 e. The predicted molar refractivity (Wildman–Crippen MR) is 162 cm³/mol. The molecule has 0 bridgehead atoms. The van der Waals surface area contributed by atoms with Gasteiger partial charge in [0, 0.05) is 27.7 Å². The summed E-state index contributed by atoms with van der Waals surface area (Å²) in [6.45, 7) is 0. The van der Waals surface area contributed by atoms with E-state index in [1.165, 1.54) is 44.2 Å².